The van der Waals surface area contributed by atoms with Crippen LogP contribution in [0.1, 0.15) is 32.3 Å². The Morgan fingerprint density at radius 2 is 1.71 bits per heavy atom. The lowest BCUT2D eigenvalue weighted by Crippen LogP contribution is -2.63. The van der Waals surface area contributed by atoms with E-state index in [0.717, 1.165) is 44.7 Å². The summed E-state index contributed by atoms with van der Waals surface area (Å²) in [6.45, 7) is 8.62. The van der Waals surface area contributed by atoms with E-state index in [9.17, 15) is 9.59 Å². The quantitative estimate of drug-likeness (QED) is 0.826. The second-order valence-corrected chi connectivity index (χ2v) is 7.24. The fourth-order valence-electron chi connectivity index (χ4n) is 3.67. The predicted molar refractivity (Wildman–Crippen MR) is 93.3 cm³/mol. The Morgan fingerprint density at radius 1 is 0.958 bits per heavy atom. The van der Waals surface area contributed by atoms with Crippen molar-refractivity contribution in [3.05, 3.63) is 35.9 Å². The molecule has 2 amide bonds. The first-order valence-corrected chi connectivity index (χ1v) is 8.84. The third-order valence-corrected chi connectivity index (χ3v) is 5.27. The zero-order valence-corrected chi connectivity index (χ0v) is 14.7. The van der Waals surface area contributed by atoms with Crippen LogP contribution >= 0.6 is 0 Å². The number of nitrogens with zero attached hydrogens (tertiary/aromatic N) is 3. The molecule has 0 unspecified atom stereocenters. The summed E-state index contributed by atoms with van der Waals surface area (Å²) in [7, 11) is 0. The third kappa shape index (κ3) is 3.46. The van der Waals surface area contributed by atoms with Crippen molar-refractivity contribution >= 4 is 11.8 Å². The van der Waals surface area contributed by atoms with Crippen molar-refractivity contribution in [3.8, 4) is 0 Å². The zero-order chi connectivity index (χ0) is 17.2. The number of piperazine rings is 1. The van der Waals surface area contributed by atoms with Gasteiger partial charge in [-0.2, -0.15) is 0 Å². The molecule has 1 aromatic rings. The normalized spacial score (nSPS) is 21.6. The summed E-state index contributed by atoms with van der Waals surface area (Å²) in [5, 5.41) is 0. The van der Waals surface area contributed by atoms with Crippen LogP contribution in [-0.2, 0) is 16.1 Å². The van der Waals surface area contributed by atoms with Gasteiger partial charge in [-0.25, -0.2) is 0 Å². The average molecular weight is 329 g/mol. The van der Waals surface area contributed by atoms with Crippen LogP contribution in [0.15, 0.2) is 30.3 Å². The Kier molecular flexibility index (Phi) is 4.90. The molecule has 130 valence electrons. The van der Waals surface area contributed by atoms with E-state index in [-0.39, 0.29) is 11.8 Å². The third-order valence-electron chi connectivity index (χ3n) is 5.27. The minimum Gasteiger partial charge on any atom is -0.341 e. The molecular formula is C19H27N3O2. The van der Waals surface area contributed by atoms with Gasteiger partial charge in [0.05, 0.1) is 5.54 Å². The van der Waals surface area contributed by atoms with Crippen LogP contribution in [0.2, 0.25) is 0 Å². The van der Waals surface area contributed by atoms with E-state index in [1.54, 1.807) is 0 Å². The number of carbonyl (C=O) groups excluding carboxylic acids is 2. The Bertz CT molecular complexity index is 600. The van der Waals surface area contributed by atoms with E-state index in [2.05, 4.69) is 17.0 Å². The van der Waals surface area contributed by atoms with Crippen LogP contribution in [0.3, 0.4) is 0 Å². The Hall–Kier alpha value is -1.88. The Balaban J connectivity index is 1.60. The maximum atomic E-state index is 12.9. The first-order chi connectivity index (χ1) is 11.5. The lowest BCUT2D eigenvalue weighted by atomic mass is 9.97. The van der Waals surface area contributed by atoms with Gasteiger partial charge < -0.3 is 9.80 Å². The first kappa shape index (κ1) is 17.0. The molecule has 24 heavy (non-hydrogen) atoms. The number of rotatable bonds is 5. The molecule has 0 N–H and O–H groups in total. The highest BCUT2D eigenvalue weighted by Gasteiger charge is 2.41. The highest BCUT2D eigenvalue weighted by atomic mass is 16.2. The number of hydrogen-bond donors (Lipinski definition) is 0. The van der Waals surface area contributed by atoms with Gasteiger partial charge in [-0.15, -0.1) is 0 Å². The SMILES string of the molecule is CC1(C)C(=O)N(Cc2ccccc2)CCN1CCN1CCCC1=O. The van der Waals surface area contributed by atoms with Crippen LogP contribution < -0.4 is 0 Å². The van der Waals surface area contributed by atoms with Crippen molar-refractivity contribution < 1.29 is 9.59 Å². The molecule has 2 heterocycles. The zero-order valence-electron chi connectivity index (χ0n) is 14.7. The van der Waals surface area contributed by atoms with Gasteiger partial charge in [0.2, 0.25) is 11.8 Å². The second kappa shape index (κ2) is 6.93. The number of carbonyl (C=O) groups is 2. The summed E-state index contributed by atoms with van der Waals surface area (Å²) in [5.41, 5.74) is 0.647. The maximum absolute atomic E-state index is 12.9. The molecule has 5 heteroatoms. The molecule has 2 aliphatic heterocycles. The van der Waals surface area contributed by atoms with Crippen LogP contribution in [0.4, 0.5) is 0 Å². The van der Waals surface area contributed by atoms with Crippen LogP contribution in [0, 0.1) is 0 Å². The van der Waals surface area contributed by atoms with Crippen molar-refractivity contribution in [2.45, 2.75) is 38.8 Å². The molecule has 1 aromatic carbocycles. The molecule has 5 nitrogen and oxygen atoms in total. The van der Waals surface area contributed by atoms with Gasteiger partial charge in [0.25, 0.3) is 0 Å². The molecule has 2 saturated heterocycles. The Labute approximate surface area is 144 Å². The molecule has 0 saturated carbocycles. The number of amides is 2. The molecule has 2 fully saturated rings. The smallest absolute Gasteiger partial charge is 0.242 e. The van der Waals surface area contributed by atoms with Crippen LogP contribution in [0.25, 0.3) is 0 Å². The molecule has 0 spiro atoms. The number of likely N-dealkylation sites (tertiary alicyclic amines) is 1. The summed E-state index contributed by atoms with van der Waals surface area (Å²) in [6, 6.07) is 10.1. The van der Waals surface area contributed by atoms with E-state index >= 15 is 0 Å². The van der Waals surface area contributed by atoms with Gasteiger partial charge in [0, 0.05) is 45.7 Å². The molecule has 0 atom stereocenters. The molecular weight excluding hydrogens is 302 g/mol. The summed E-state index contributed by atoms with van der Waals surface area (Å²) in [4.78, 5) is 30.8. The van der Waals surface area contributed by atoms with Crippen molar-refractivity contribution in [1.29, 1.82) is 0 Å². The molecule has 0 aliphatic carbocycles. The average Bonchev–Trinajstić information content (AvgIpc) is 2.97. The van der Waals surface area contributed by atoms with Gasteiger partial charge in [-0.05, 0) is 25.8 Å². The van der Waals surface area contributed by atoms with Crippen LogP contribution in [-0.4, -0.2) is 64.8 Å². The number of benzene rings is 1. The highest BCUT2D eigenvalue weighted by Crippen LogP contribution is 2.24. The predicted octanol–water partition coefficient (Wildman–Crippen LogP) is 1.73. The van der Waals surface area contributed by atoms with Gasteiger partial charge in [0.15, 0.2) is 0 Å². The van der Waals surface area contributed by atoms with Gasteiger partial charge in [-0.3, -0.25) is 14.5 Å². The standard InChI is InChI=1S/C19H27N3O2/c1-19(2)18(24)21(15-16-7-4-3-5-8-16)12-14-22(19)13-11-20-10-6-9-17(20)23/h3-5,7-8H,6,9-15H2,1-2H3. The fourth-order valence-corrected chi connectivity index (χ4v) is 3.67. The monoisotopic (exact) mass is 329 g/mol. The summed E-state index contributed by atoms with van der Waals surface area (Å²) in [5.74, 6) is 0.423. The van der Waals surface area contributed by atoms with E-state index in [1.165, 1.54) is 0 Å². The second-order valence-electron chi connectivity index (χ2n) is 7.24. The van der Waals surface area contributed by atoms with Gasteiger partial charge in [-0.1, -0.05) is 30.3 Å². The molecule has 2 aliphatic rings. The molecule has 0 radical (unpaired) electrons. The van der Waals surface area contributed by atoms with E-state index in [1.807, 2.05) is 41.8 Å². The highest BCUT2D eigenvalue weighted by molar-refractivity contribution is 5.86. The van der Waals surface area contributed by atoms with Gasteiger partial charge in [0.1, 0.15) is 0 Å². The van der Waals surface area contributed by atoms with E-state index in [4.69, 9.17) is 0 Å². The topological polar surface area (TPSA) is 43.9 Å². The Morgan fingerprint density at radius 3 is 2.38 bits per heavy atom. The maximum Gasteiger partial charge on any atom is 0.242 e. The van der Waals surface area contributed by atoms with Crippen LogP contribution in [0.5, 0.6) is 0 Å². The lowest BCUT2D eigenvalue weighted by molar-refractivity contribution is -0.149. The van der Waals surface area contributed by atoms with Gasteiger partial charge >= 0.3 is 0 Å². The molecule has 0 aromatic heterocycles. The van der Waals surface area contributed by atoms with E-state index < -0.39 is 5.54 Å². The van der Waals surface area contributed by atoms with Crippen molar-refractivity contribution in [2.24, 2.45) is 0 Å². The minimum absolute atomic E-state index is 0.172. The minimum atomic E-state index is -0.518. The van der Waals surface area contributed by atoms with Crippen molar-refractivity contribution in [1.82, 2.24) is 14.7 Å². The van der Waals surface area contributed by atoms with E-state index in [0.29, 0.717) is 13.0 Å². The first-order valence-electron chi connectivity index (χ1n) is 8.84. The van der Waals surface area contributed by atoms with Crippen molar-refractivity contribution in [2.75, 3.05) is 32.7 Å². The van der Waals surface area contributed by atoms with Crippen molar-refractivity contribution in [3.63, 3.8) is 0 Å². The fraction of sp³-hybridized carbons (Fsp3) is 0.579. The summed E-state index contributed by atoms with van der Waals surface area (Å²) < 4.78 is 0. The largest absolute Gasteiger partial charge is 0.341 e. The molecule has 0 bridgehead atoms. The number of hydrogen-bond acceptors (Lipinski definition) is 3. The summed E-state index contributed by atoms with van der Waals surface area (Å²) >= 11 is 0. The molecule has 3 rings (SSSR count). The summed E-state index contributed by atoms with van der Waals surface area (Å²) in [6.07, 6.45) is 1.64. The lowest BCUT2D eigenvalue weighted by Gasteiger charge is -2.46.